The first-order chi connectivity index (χ1) is 26.0. The van der Waals surface area contributed by atoms with Crippen LogP contribution in [0.25, 0.3) is 0 Å². The van der Waals surface area contributed by atoms with E-state index >= 15 is 0 Å². The zero-order valence-corrected chi connectivity index (χ0v) is 35.6. The Labute approximate surface area is 329 Å². The van der Waals surface area contributed by atoms with Gasteiger partial charge < -0.3 is 14.2 Å². The van der Waals surface area contributed by atoms with Crippen molar-refractivity contribution in [1.82, 2.24) is 0 Å². The average molecular weight is 749 g/mol. The van der Waals surface area contributed by atoms with E-state index in [1.165, 1.54) is 148 Å². The van der Waals surface area contributed by atoms with Crippen LogP contribution in [0.3, 0.4) is 0 Å². The van der Waals surface area contributed by atoms with Crippen LogP contribution in [0.2, 0.25) is 0 Å². The molecule has 0 saturated carbocycles. The van der Waals surface area contributed by atoms with Crippen molar-refractivity contribution in [2.45, 2.75) is 258 Å². The van der Waals surface area contributed by atoms with Gasteiger partial charge in [-0.05, 0) is 38.5 Å². The number of ether oxygens (including phenoxy) is 3. The second-order valence-electron chi connectivity index (χ2n) is 15.7. The van der Waals surface area contributed by atoms with Crippen molar-refractivity contribution in [3.05, 3.63) is 12.2 Å². The van der Waals surface area contributed by atoms with E-state index in [2.05, 4.69) is 32.9 Å². The lowest BCUT2D eigenvalue weighted by Gasteiger charge is -2.18. The fourth-order valence-corrected chi connectivity index (χ4v) is 6.72. The third kappa shape index (κ3) is 41.2. The SMILES string of the molecule is CCCC/C=C\CCCCCCCC(=O)OC[C@H](COC(=O)CCCCCCCCCCCCCC)OC(=O)CCCCCCCCCCCCCC. The van der Waals surface area contributed by atoms with Gasteiger partial charge in [-0.3, -0.25) is 14.4 Å². The lowest BCUT2D eigenvalue weighted by molar-refractivity contribution is -0.167. The van der Waals surface area contributed by atoms with E-state index in [-0.39, 0.29) is 31.1 Å². The number of hydrogen-bond acceptors (Lipinski definition) is 6. The van der Waals surface area contributed by atoms with Crippen LogP contribution in [-0.2, 0) is 28.6 Å². The molecule has 0 spiro atoms. The average Bonchev–Trinajstić information content (AvgIpc) is 3.15. The quantitative estimate of drug-likeness (QED) is 0.0268. The van der Waals surface area contributed by atoms with E-state index in [4.69, 9.17) is 14.2 Å². The molecule has 0 aliphatic rings. The number of allylic oxidation sites excluding steroid dienone is 2. The highest BCUT2D eigenvalue weighted by Gasteiger charge is 2.19. The maximum absolute atomic E-state index is 12.7. The molecule has 0 saturated heterocycles. The lowest BCUT2D eigenvalue weighted by atomic mass is 10.0. The molecule has 0 aromatic rings. The highest BCUT2D eigenvalue weighted by molar-refractivity contribution is 5.71. The van der Waals surface area contributed by atoms with Crippen LogP contribution >= 0.6 is 0 Å². The van der Waals surface area contributed by atoms with Crippen molar-refractivity contribution in [1.29, 1.82) is 0 Å². The molecule has 0 bridgehead atoms. The Hall–Kier alpha value is -1.85. The Morgan fingerprint density at radius 2 is 0.642 bits per heavy atom. The number of carbonyl (C=O) groups is 3. The second kappa shape index (κ2) is 42.9. The minimum Gasteiger partial charge on any atom is -0.462 e. The normalized spacial score (nSPS) is 12.0. The van der Waals surface area contributed by atoms with Gasteiger partial charge >= 0.3 is 17.9 Å². The summed E-state index contributed by atoms with van der Waals surface area (Å²) >= 11 is 0. The molecule has 0 aromatic carbocycles. The van der Waals surface area contributed by atoms with E-state index in [1.54, 1.807) is 0 Å². The first-order valence-corrected chi connectivity index (χ1v) is 23.2. The molecule has 53 heavy (non-hydrogen) atoms. The molecule has 6 heteroatoms. The molecule has 0 aliphatic heterocycles. The van der Waals surface area contributed by atoms with Crippen LogP contribution in [0, 0.1) is 0 Å². The number of carbonyl (C=O) groups excluding carboxylic acids is 3. The van der Waals surface area contributed by atoms with Crippen molar-refractivity contribution in [2.75, 3.05) is 13.2 Å². The van der Waals surface area contributed by atoms with Gasteiger partial charge in [-0.1, -0.05) is 206 Å². The smallest absolute Gasteiger partial charge is 0.306 e. The van der Waals surface area contributed by atoms with Crippen LogP contribution in [0.15, 0.2) is 12.2 Å². The Morgan fingerprint density at radius 3 is 1.00 bits per heavy atom. The Bertz CT molecular complexity index is 824. The van der Waals surface area contributed by atoms with E-state index < -0.39 is 6.10 Å². The predicted molar refractivity (Wildman–Crippen MR) is 224 cm³/mol. The zero-order chi connectivity index (χ0) is 38.7. The molecule has 1 atom stereocenters. The Kier molecular flexibility index (Phi) is 41.4. The van der Waals surface area contributed by atoms with Crippen LogP contribution in [-0.4, -0.2) is 37.2 Å². The van der Waals surface area contributed by atoms with Crippen LogP contribution < -0.4 is 0 Å². The third-order valence-electron chi connectivity index (χ3n) is 10.3. The molecule has 312 valence electrons. The van der Waals surface area contributed by atoms with Gasteiger partial charge in [0.2, 0.25) is 0 Å². The monoisotopic (exact) mass is 749 g/mol. The third-order valence-corrected chi connectivity index (χ3v) is 10.3. The largest absolute Gasteiger partial charge is 0.462 e. The summed E-state index contributed by atoms with van der Waals surface area (Å²) in [5, 5.41) is 0. The van der Waals surface area contributed by atoms with Crippen LogP contribution in [0.5, 0.6) is 0 Å². The highest BCUT2D eigenvalue weighted by atomic mass is 16.6. The summed E-state index contributed by atoms with van der Waals surface area (Å²) < 4.78 is 16.7. The van der Waals surface area contributed by atoms with Crippen molar-refractivity contribution >= 4 is 17.9 Å². The number of hydrogen-bond donors (Lipinski definition) is 0. The first-order valence-electron chi connectivity index (χ1n) is 23.2. The Balaban J connectivity index is 4.35. The summed E-state index contributed by atoms with van der Waals surface area (Å²) in [5.41, 5.74) is 0. The molecular weight excluding hydrogens is 661 g/mol. The van der Waals surface area contributed by atoms with Gasteiger partial charge in [0, 0.05) is 19.3 Å². The molecule has 0 fully saturated rings. The summed E-state index contributed by atoms with van der Waals surface area (Å²) in [4.78, 5) is 37.7. The summed E-state index contributed by atoms with van der Waals surface area (Å²) in [6.45, 7) is 6.60. The standard InChI is InChI=1S/C47H88O6/c1-4-7-10-13-16-19-22-25-28-31-34-37-40-46(49)52-43-44(42-51-45(48)39-36-33-30-27-24-21-18-15-12-9-6-3)53-47(50)41-38-35-32-29-26-23-20-17-14-11-8-5-2/h15,18,44H,4-14,16-17,19-43H2,1-3H3/b18-15-/t44-/m1/s1. The minimum absolute atomic E-state index is 0.0680. The first kappa shape index (κ1) is 51.1. The minimum atomic E-state index is -0.764. The topological polar surface area (TPSA) is 78.9 Å². The lowest BCUT2D eigenvalue weighted by Crippen LogP contribution is -2.30. The van der Waals surface area contributed by atoms with Gasteiger partial charge in [-0.25, -0.2) is 0 Å². The molecule has 0 heterocycles. The van der Waals surface area contributed by atoms with E-state index in [9.17, 15) is 14.4 Å². The van der Waals surface area contributed by atoms with Crippen molar-refractivity contribution in [2.24, 2.45) is 0 Å². The van der Waals surface area contributed by atoms with Gasteiger partial charge in [-0.15, -0.1) is 0 Å². The molecular formula is C47H88O6. The van der Waals surface area contributed by atoms with Crippen molar-refractivity contribution < 1.29 is 28.6 Å². The predicted octanol–water partition coefficient (Wildman–Crippen LogP) is 14.6. The van der Waals surface area contributed by atoms with Gasteiger partial charge in [0.15, 0.2) is 6.10 Å². The van der Waals surface area contributed by atoms with Crippen molar-refractivity contribution in [3.63, 3.8) is 0 Å². The molecule has 0 amide bonds. The van der Waals surface area contributed by atoms with Gasteiger partial charge in [0.05, 0.1) is 0 Å². The van der Waals surface area contributed by atoms with E-state index in [1.807, 2.05) is 0 Å². The maximum Gasteiger partial charge on any atom is 0.306 e. The summed E-state index contributed by atoms with van der Waals surface area (Å²) in [6.07, 6.45) is 44.7. The fraction of sp³-hybridized carbons (Fsp3) is 0.894. The van der Waals surface area contributed by atoms with Gasteiger partial charge in [-0.2, -0.15) is 0 Å². The maximum atomic E-state index is 12.7. The molecule has 6 nitrogen and oxygen atoms in total. The fourth-order valence-electron chi connectivity index (χ4n) is 6.72. The number of esters is 3. The summed E-state index contributed by atoms with van der Waals surface area (Å²) in [7, 11) is 0. The molecule has 0 radical (unpaired) electrons. The molecule has 0 N–H and O–H groups in total. The zero-order valence-electron chi connectivity index (χ0n) is 35.6. The number of unbranched alkanes of at least 4 members (excludes halogenated alkanes) is 29. The van der Waals surface area contributed by atoms with Gasteiger partial charge in [0.1, 0.15) is 13.2 Å². The van der Waals surface area contributed by atoms with E-state index in [0.29, 0.717) is 19.3 Å². The molecule has 0 aromatic heterocycles. The van der Waals surface area contributed by atoms with Crippen LogP contribution in [0.4, 0.5) is 0 Å². The second-order valence-corrected chi connectivity index (χ2v) is 15.7. The molecule has 0 unspecified atom stereocenters. The Morgan fingerprint density at radius 1 is 0.358 bits per heavy atom. The molecule has 0 rings (SSSR count). The van der Waals surface area contributed by atoms with Gasteiger partial charge in [0.25, 0.3) is 0 Å². The summed E-state index contributed by atoms with van der Waals surface area (Å²) in [6, 6.07) is 0. The van der Waals surface area contributed by atoms with E-state index in [0.717, 1.165) is 64.2 Å². The summed E-state index contributed by atoms with van der Waals surface area (Å²) in [5.74, 6) is -0.870. The molecule has 0 aliphatic carbocycles. The number of rotatable bonds is 42. The van der Waals surface area contributed by atoms with Crippen LogP contribution in [0.1, 0.15) is 252 Å². The highest BCUT2D eigenvalue weighted by Crippen LogP contribution is 2.15. The van der Waals surface area contributed by atoms with Crippen molar-refractivity contribution in [3.8, 4) is 0 Å².